The number of pyridine rings is 2. The number of hydrogen-bond acceptors (Lipinski definition) is 6. The van der Waals surface area contributed by atoms with Gasteiger partial charge in [0.15, 0.2) is 5.82 Å². The van der Waals surface area contributed by atoms with Crippen molar-refractivity contribution in [2.75, 3.05) is 18.0 Å². The highest BCUT2D eigenvalue weighted by atomic mass is 16.2. The predicted octanol–water partition coefficient (Wildman–Crippen LogP) is 3.41. The van der Waals surface area contributed by atoms with Crippen molar-refractivity contribution in [3.8, 4) is 0 Å². The lowest BCUT2D eigenvalue weighted by atomic mass is 9.98. The number of nitrogens with zero attached hydrogens (tertiary/aromatic N) is 6. The Labute approximate surface area is 209 Å². The van der Waals surface area contributed by atoms with Gasteiger partial charge in [0, 0.05) is 49.0 Å². The lowest BCUT2D eigenvalue weighted by Gasteiger charge is -2.17. The molecule has 3 aromatic heterocycles. The van der Waals surface area contributed by atoms with Gasteiger partial charge in [-0.15, -0.1) is 0 Å². The molecule has 0 bridgehead atoms. The molecule has 1 unspecified atom stereocenters. The minimum absolute atomic E-state index is 0.162. The molecule has 36 heavy (non-hydrogen) atoms. The van der Waals surface area contributed by atoms with Gasteiger partial charge in [-0.05, 0) is 67.8 Å². The van der Waals surface area contributed by atoms with E-state index in [1.807, 2.05) is 38.1 Å². The Hall–Kier alpha value is -4.40. The average Bonchev–Trinajstić information content (AvgIpc) is 3.54. The monoisotopic (exact) mass is 481 g/mol. The van der Waals surface area contributed by atoms with E-state index in [-0.39, 0.29) is 23.8 Å². The van der Waals surface area contributed by atoms with E-state index >= 15 is 0 Å². The molecule has 4 heterocycles. The Kier molecular flexibility index (Phi) is 6.53. The smallest absolute Gasteiger partial charge is 0.276 e. The van der Waals surface area contributed by atoms with Crippen LogP contribution in [0.1, 0.15) is 63.6 Å². The second-order valence-corrected chi connectivity index (χ2v) is 9.00. The first-order valence-corrected chi connectivity index (χ1v) is 12.0. The van der Waals surface area contributed by atoms with Gasteiger partial charge in [-0.3, -0.25) is 24.2 Å². The second kappa shape index (κ2) is 10.1. The zero-order valence-electron chi connectivity index (χ0n) is 20.2. The van der Waals surface area contributed by atoms with Crippen LogP contribution in [0.4, 0.5) is 5.69 Å². The molecule has 1 N–H and O–H groups in total. The van der Waals surface area contributed by atoms with Crippen LogP contribution in [0.5, 0.6) is 0 Å². The summed E-state index contributed by atoms with van der Waals surface area (Å²) in [6.45, 7) is 4.94. The normalized spacial score (nSPS) is 14.6. The number of aromatic nitrogens is 5. The van der Waals surface area contributed by atoms with Gasteiger partial charge >= 0.3 is 0 Å². The molecule has 0 radical (unpaired) electrons. The molecule has 1 atom stereocenters. The maximum absolute atomic E-state index is 13.3. The Morgan fingerprint density at radius 3 is 2.69 bits per heavy atom. The third-order valence-electron chi connectivity index (χ3n) is 6.24. The summed E-state index contributed by atoms with van der Waals surface area (Å²) in [4.78, 5) is 40.9. The van der Waals surface area contributed by atoms with E-state index in [4.69, 9.17) is 0 Å². The third-order valence-corrected chi connectivity index (χ3v) is 6.24. The molecule has 1 aromatic carbocycles. The Bertz CT molecular complexity index is 1370. The number of anilines is 1. The van der Waals surface area contributed by atoms with Crippen molar-refractivity contribution in [2.45, 2.75) is 32.2 Å². The van der Waals surface area contributed by atoms with E-state index in [1.165, 1.54) is 0 Å². The Morgan fingerprint density at radius 1 is 1.08 bits per heavy atom. The first-order valence-electron chi connectivity index (χ1n) is 12.0. The topological polar surface area (TPSA) is 106 Å². The van der Waals surface area contributed by atoms with Gasteiger partial charge < -0.3 is 10.2 Å². The molecule has 0 aliphatic carbocycles. The molecular formula is C27H27N7O2. The van der Waals surface area contributed by atoms with Gasteiger partial charge in [0.2, 0.25) is 0 Å². The standard InChI is InChI=1S/C27H27N7O2/c1-18(2)34-17-31-25(32-34)22-16-33(27(36)23-7-3-4-12-29-23)24-9-8-20(14-21(22)24)26(35)30-13-10-19-6-5-11-28-15-19/h3-9,11-12,14-15,17-18,22H,10,13,16H2,1-2H3,(H,30,35). The van der Waals surface area contributed by atoms with Gasteiger partial charge in [-0.2, -0.15) is 5.10 Å². The Morgan fingerprint density at radius 2 is 1.97 bits per heavy atom. The van der Waals surface area contributed by atoms with Gasteiger partial charge in [0.1, 0.15) is 12.0 Å². The van der Waals surface area contributed by atoms with Crippen LogP contribution in [-0.4, -0.2) is 49.6 Å². The first-order chi connectivity index (χ1) is 17.5. The summed E-state index contributed by atoms with van der Waals surface area (Å²) in [6, 6.07) is 14.7. The van der Waals surface area contributed by atoms with Crippen LogP contribution in [0, 0.1) is 0 Å². The molecule has 9 nitrogen and oxygen atoms in total. The minimum Gasteiger partial charge on any atom is -0.352 e. The zero-order valence-corrected chi connectivity index (χ0v) is 20.2. The summed E-state index contributed by atoms with van der Waals surface area (Å²) < 4.78 is 1.80. The lowest BCUT2D eigenvalue weighted by molar-refractivity contribution is 0.0952. The van der Waals surface area contributed by atoms with Gasteiger partial charge in [0.25, 0.3) is 11.8 Å². The lowest BCUT2D eigenvalue weighted by Crippen LogP contribution is -2.30. The summed E-state index contributed by atoms with van der Waals surface area (Å²) in [5, 5.41) is 7.64. The van der Waals surface area contributed by atoms with Crippen LogP contribution in [-0.2, 0) is 6.42 Å². The predicted molar refractivity (Wildman–Crippen MR) is 135 cm³/mol. The zero-order chi connectivity index (χ0) is 25.1. The quantitative estimate of drug-likeness (QED) is 0.434. The summed E-state index contributed by atoms with van der Waals surface area (Å²) in [7, 11) is 0. The minimum atomic E-state index is -0.254. The van der Waals surface area contributed by atoms with E-state index in [2.05, 4.69) is 25.4 Å². The summed E-state index contributed by atoms with van der Waals surface area (Å²) in [5.74, 6) is -0.00172. The number of nitrogens with one attached hydrogen (secondary N) is 1. The number of benzene rings is 1. The van der Waals surface area contributed by atoms with Crippen molar-refractivity contribution in [3.63, 3.8) is 0 Å². The largest absolute Gasteiger partial charge is 0.352 e. The van der Waals surface area contributed by atoms with Crippen molar-refractivity contribution in [1.82, 2.24) is 30.0 Å². The third kappa shape index (κ3) is 4.72. The molecular weight excluding hydrogens is 454 g/mol. The number of fused-ring (bicyclic) bond motifs is 1. The molecule has 4 aromatic rings. The van der Waals surface area contributed by atoms with Gasteiger partial charge in [0.05, 0.1) is 5.92 Å². The summed E-state index contributed by atoms with van der Waals surface area (Å²) in [6.07, 6.45) is 7.52. The number of carbonyl (C=O) groups excluding carboxylic acids is 2. The molecule has 182 valence electrons. The van der Waals surface area contributed by atoms with E-state index in [0.717, 1.165) is 16.8 Å². The van der Waals surface area contributed by atoms with Crippen molar-refractivity contribution in [3.05, 3.63) is 102 Å². The van der Waals surface area contributed by atoms with Crippen LogP contribution in [0.15, 0.2) is 73.4 Å². The highest BCUT2D eigenvalue weighted by Crippen LogP contribution is 2.40. The van der Waals surface area contributed by atoms with Crippen LogP contribution >= 0.6 is 0 Å². The van der Waals surface area contributed by atoms with E-state index in [0.29, 0.717) is 36.6 Å². The van der Waals surface area contributed by atoms with Crippen LogP contribution in [0.25, 0.3) is 0 Å². The number of amides is 2. The molecule has 1 aliphatic heterocycles. The van der Waals surface area contributed by atoms with E-state index < -0.39 is 0 Å². The maximum Gasteiger partial charge on any atom is 0.276 e. The van der Waals surface area contributed by atoms with E-state index in [1.54, 1.807) is 58.8 Å². The van der Waals surface area contributed by atoms with Crippen LogP contribution in [0.3, 0.4) is 0 Å². The molecule has 0 saturated heterocycles. The molecule has 5 rings (SSSR count). The Balaban J connectivity index is 1.42. The van der Waals surface area contributed by atoms with Crippen molar-refractivity contribution in [1.29, 1.82) is 0 Å². The highest BCUT2D eigenvalue weighted by molar-refractivity contribution is 6.07. The SMILES string of the molecule is CC(C)n1cnc(C2CN(C(=O)c3ccccn3)c3ccc(C(=O)NCCc4cccnc4)cc32)n1. The summed E-state index contributed by atoms with van der Waals surface area (Å²) >= 11 is 0. The summed E-state index contributed by atoms with van der Waals surface area (Å²) in [5.41, 5.74) is 3.54. The maximum atomic E-state index is 13.3. The van der Waals surface area contributed by atoms with Gasteiger partial charge in [-0.25, -0.2) is 4.98 Å². The fourth-order valence-corrected chi connectivity index (χ4v) is 4.31. The number of carbonyl (C=O) groups is 2. The number of rotatable bonds is 7. The second-order valence-electron chi connectivity index (χ2n) is 9.00. The average molecular weight is 482 g/mol. The fourth-order valence-electron chi connectivity index (χ4n) is 4.31. The molecule has 0 saturated carbocycles. The molecule has 2 amide bonds. The molecule has 0 fully saturated rings. The highest BCUT2D eigenvalue weighted by Gasteiger charge is 2.37. The molecule has 1 aliphatic rings. The fraction of sp³-hybridized carbons (Fsp3) is 0.259. The molecule has 9 heteroatoms. The van der Waals surface area contributed by atoms with Crippen molar-refractivity contribution >= 4 is 17.5 Å². The van der Waals surface area contributed by atoms with Crippen LogP contribution < -0.4 is 10.2 Å². The van der Waals surface area contributed by atoms with Crippen molar-refractivity contribution < 1.29 is 9.59 Å². The first kappa shape index (κ1) is 23.3. The van der Waals surface area contributed by atoms with E-state index in [9.17, 15) is 9.59 Å². The number of hydrogen-bond donors (Lipinski definition) is 1. The van der Waals surface area contributed by atoms with Gasteiger partial charge in [-0.1, -0.05) is 12.1 Å². The van der Waals surface area contributed by atoms with Crippen LogP contribution in [0.2, 0.25) is 0 Å². The molecule has 0 spiro atoms. The van der Waals surface area contributed by atoms with Crippen molar-refractivity contribution in [2.24, 2.45) is 0 Å².